The smallest absolute Gasteiger partial charge is 0.258 e. The Morgan fingerprint density at radius 1 is 1.09 bits per heavy atom. The van der Waals surface area contributed by atoms with Gasteiger partial charge in [-0.15, -0.1) is 0 Å². The average Bonchev–Trinajstić information content (AvgIpc) is 2.60. The van der Waals surface area contributed by atoms with Gasteiger partial charge < -0.3 is 15.4 Å². The zero-order valence-electron chi connectivity index (χ0n) is 12.9. The molecule has 0 aliphatic rings. The summed E-state index contributed by atoms with van der Waals surface area (Å²) in [4.78, 5) is 27.4. The van der Waals surface area contributed by atoms with Gasteiger partial charge in [0.2, 0.25) is 5.91 Å². The molecule has 1 aromatic carbocycles. The van der Waals surface area contributed by atoms with Crippen LogP contribution in [0.15, 0.2) is 54.9 Å². The van der Waals surface area contributed by atoms with Crippen LogP contribution in [0.5, 0.6) is 5.75 Å². The summed E-state index contributed by atoms with van der Waals surface area (Å²) in [5.74, 6) is 0.00125. The summed E-state index contributed by atoms with van der Waals surface area (Å²) in [7, 11) is 0. The molecule has 1 heterocycles. The molecule has 1 aromatic heterocycles. The summed E-state index contributed by atoms with van der Waals surface area (Å²) in [6.07, 6.45) is 3.33. The summed E-state index contributed by atoms with van der Waals surface area (Å²) in [6.45, 7) is 1.65. The number of aromatic nitrogens is 1. The molecule has 0 bridgehead atoms. The molecular weight excluding hydrogens is 294 g/mol. The summed E-state index contributed by atoms with van der Waals surface area (Å²) in [5.41, 5.74) is 0.951. The lowest BCUT2D eigenvalue weighted by molar-refractivity contribution is -0.127. The Morgan fingerprint density at radius 3 is 2.48 bits per heavy atom. The van der Waals surface area contributed by atoms with Crippen LogP contribution in [0.3, 0.4) is 0 Å². The summed E-state index contributed by atoms with van der Waals surface area (Å²) in [5, 5.41) is 5.32. The van der Waals surface area contributed by atoms with Crippen LogP contribution in [0.1, 0.15) is 18.5 Å². The van der Waals surface area contributed by atoms with Gasteiger partial charge in [-0.2, -0.15) is 0 Å². The van der Waals surface area contributed by atoms with Crippen molar-refractivity contribution in [2.45, 2.75) is 13.0 Å². The molecule has 2 aromatic rings. The lowest BCUT2D eigenvalue weighted by Crippen LogP contribution is -2.39. The van der Waals surface area contributed by atoms with E-state index in [9.17, 15) is 9.59 Å². The molecule has 120 valence electrons. The number of rotatable bonds is 7. The second-order valence-corrected chi connectivity index (χ2v) is 4.95. The number of benzene rings is 1. The van der Waals surface area contributed by atoms with Crippen molar-refractivity contribution < 1.29 is 14.3 Å². The normalized spacial score (nSPS) is 11.3. The van der Waals surface area contributed by atoms with E-state index in [0.717, 1.165) is 5.56 Å². The average molecular weight is 313 g/mol. The minimum Gasteiger partial charge on any atom is -0.484 e. The Labute approximate surface area is 134 Å². The lowest BCUT2D eigenvalue weighted by Gasteiger charge is -2.14. The third-order valence-electron chi connectivity index (χ3n) is 3.14. The van der Waals surface area contributed by atoms with Crippen LogP contribution in [0.25, 0.3) is 0 Å². The van der Waals surface area contributed by atoms with E-state index in [2.05, 4.69) is 15.6 Å². The number of hydrogen-bond donors (Lipinski definition) is 2. The second kappa shape index (κ2) is 8.53. The second-order valence-electron chi connectivity index (χ2n) is 4.95. The van der Waals surface area contributed by atoms with E-state index in [1.54, 1.807) is 24.5 Å². The van der Waals surface area contributed by atoms with Crippen LogP contribution in [0, 0.1) is 0 Å². The van der Waals surface area contributed by atoms with Crippen molar-refractivity contribution >= 4 is 11.8 Å². The standard InChI is InChI=1S/C17H19N3O3/c1-13(14-7-9-18-10-8-14)20-16(21)11-19-17(22)12-23-15-5-3-2-4-6-15/h2-10,13H,11-12H2,1H3,(H,19,22)(H,20,21). The van der Waals surface area contributed by atoms with Crippen molar-refractivity contribution in [2.24, 2.45) is 0 Å². The van der Waals surface area contributed by atoms with E-state index >= 15 is 0 Å². The van der Waals surface area contributed by atoms with Crippen molar-refractivity contribution in [2.75, 3.05) is 13.2 Å². The first-order valence-corrected chi connectivity index (χ1v) is 7.29. The Balaban J connectivity index is 1.68. The van der Waals surface area contributed by atoms with Crippen molar-refractivity contribution in [3.63, 3.8) is 0 Å². The van der Waals surface area contributed by atoms with Crippen molar-refractivity contribution in [3.05, 3.63) is 60.4 Å². The predicted octanol–water partition coefficient (Wildman–Crippen LogP) is 1.45. The number of carbonyl (C=O) groups excluding carboxylic acids is 2. The van der Waals surface area contributed by atoms with E-state index in [1.165, 1.54) is 0 Å². The largest absolute Gasteiger partial charge is 0.484 e. The van der Waals surface area contributed by atoms with Crippen LogP contribution >= 0.6 is 0 Å². The number of pyridine rings is 1. The van der Waals surface area contributed by atoms with Crippen LogP contribution in [0.4, 0.5) is 0 Å². The Bertz CT molecular complexity index is 632. The SMILES string of the molecule is CC(NC(=O)CNC(=O)COc1ccccc1)c1ccncc1. The van der Waals surface area contributed by atoms with E-state index in [0.29, 0.717) is 5.75 Å². The molecule has 0 spiro atoms. The summed E-state index contributed by atoms with van der Waals surface area (Å²) in [6, 6.07) is 12.5. The molecular formula is C17H19N3O3. The third kappa shape index (κ3) is 5.78. The molecule has 0 saturated heterocycles. The van der Waals surface area contributed by atoms with Crippen LogP contribution in [0.2, 0.25) is 0 Å². The Morgan fingerprint density at radius 2 is 1.78 bits per heavy atom. The van der Waals surface area contributed by atoms with Gasteiger partial charge in [0.05, 0.1) is 12.6 Å². The van der Waals surface area contributed by atoms with Gasteiger partial charge in [-0.05, 0) is 36.8 Å². The molecule has 1 atom stereocenters. The topological polar surface area (TPSA) is 80.3 Å². The van der Waals surface area contributed by atoms with E-state index in [-0.39, 0.29) is 31.0 Å². The molecule has 23 heavy (non-hydrogen) atoms. The zero-order valence-corrected chi connectivity index (χ0v) is 12.9. The molecule has 1 unspecified atom stereocenters. The minimum atomic E-state index is -0.347. The van der Waals surface area contributed by atoms with E-state index < -0.39 is 0 Å². The summed E-state index contributed by atoms with van der Waals surface area (Å²) >= 11 is 0. The first-order valence-electron chi connectivity index (χ1n) is 7.29. The molecule has 0 radical (unpaired) electrons. The number of nitrogens with zero attached hydrogens (tertiary/aromatic N) is 1. The molecule has 0 fully saturated rings. The molecule has 6 nitrogen and oxygen atoms in total. The number of amides is 2. The van der Waals surface area contributed by atoms with Gasteiger partial charge in [-0.25, -0.2) is 0 Å². The zero-order chi connectivity index (χ0) is 16.5. The van der Waals surface area contributed by atoms with Crippen molar-refractivity contribution in [1.29, 1.82) is 0 Å². The van der Waals surface area contributed by atoms with Crippen LogP contribution in [-0.2, 0) is 9.59 Å². The quantitative estimate of drug-likeness (QED) is 0.811. The van der Waals surface area contributed by atoms with Gasteiger partial charge in [0.15, 0.2) is 6.61 Å². The van der Waals surface area contributed by atoms with Crippen molar-refractivity contribution in [3.8, 4) is 5.75 Å². The number of hydrogen-bond acceptors (Lipinski definition) is 4. The fraction of sp³-hybridized carbons (Fsp3) is 0.235. The first kappa shape index (κ1) is 16.5. The summed E-state index contributed by atoms with van der Waals surface area (Å²) < 4.78 is 5.30. The Hall–Kier alpha value is -2.89. The highest BCUT2D eigenvalue weighted by atomic mass is 16.5. The van der Waals surface area contributed by atoms with Gasteiger partial charge in [0.1, 0.15) is 5.75 Å². The van der Waals surface area contributed by atoms with Crippen molar-refractivity contribution in [1.82, 2.24) is 15.6 Å². The van der Waals surface area contributed by atoms with Crippen LogP contribution in [-0.4, -0.2) is 29.9 Å². The van der Waals surface area contributed by atoms with E-state index in [4.69, 9.17) is 4.74 Å². The monoisotopic (exact) mass is 313 g/mol. The number of carbonyl (C=O) groups is 2. The van der Waals surface area contributed by atoms with Gasteiger partial charge in [0.25, 0.3) is 5.91 Å². The van der Waals surface area contributed by atoms with Crippen LogP contribution < -0.4 is 15.4 Å². The highest BCUT2D eigenvalue weighted by molar-refractivity contribution is 5.85. The maximum atomic E-state index is 11.8. The number of ether oxygens (including phenoxy) is 1. The first-order chi connectivity index (χ1) is 11.1. The van der Waals surface area contributed by atoms with E-state index in [1.807, 2.05) is 37.3 Å². The molecule has 2 amide bonds. The number of nitrogens with one attached hydrogen (secondary N) is 2. The molecule has 0 saturated carbocycles. The fourth-order valence-electron chi connectivity index (χ4n) is 1.92. The Kier molecular flexibility index (Phi) is 6.11. The lowest BCUT2D eigenvalue weighted by atomic mass is 10.1. The van der Waals surface area contributed by atoms with Gasteiger partial charge >= 0.3 is 0 Å². The molecule has 2 N–H and O–H groups in total. The number of para-hydroxylation sites is 1. The molecule has 6 heteroatoms. The third-order valence-corrected chi connectivity index (χ3v) is 3.14. The maximum absolute atomic E-state index is 11.8. The highest BCUT2D eigenvalue weighted by Gasteiger charge is 2.10. The van der Waals surface area contributed by atoms with Gasteiger partial charge in [0, 0.05) is 12.4 Å². The minimum absolute atomic E-state index is 0.0909. The highest BCUT2D eigenvalue weighted by Crippen LogP contribution is 2.09. The predicted molar refractivity (Wildman–Crippen MR) is 85.7 cm³/mol. The molecule has 2 rings (SSSR count). The molecule has 0 aliphatic heterocycles. The molecule has 0 aliphatic carbocycles. The van der Waals surface area contributed by atoms with Gasteiger partial charge in [-0.3, -0.25) is 14.6 Å². The maximum Gasteiger partial charge on any atom is 0.258 e. The van der Waals surface area contributed by atoms with Gasteiger partial charge in [-0.1, -0.05) is 18.2 Å². The fourth-order valence-corrected chi connectivity index (χ4v) is 1.92.